The first kappa shape index (κ1) is 12.4. The molecule has 19 heavy (non-hydrogen) atoms. The van der Waals surface area contributed by atoms with Gasteiger partial charge >= 0.3 is 0 Å². The average Bonchev–Trinajstić information content (AvgIpc) is 3.04. The third kappa shape index (κ3) is 2.43. The molecular weight excluding hydrogens is 260 g/mol. The molecule has 4 nitrogen and oxygen atoms in total. The Morgan fingerprint density at radius 3 is 2.47 bits per heavy atom. The van der Waals surface area contributed by atoms with Gasteiger partial charge in [-0.25, -0.2) is 13.1 Å². The summed E-state index contributed by atoms with van der Waals surface area (Å²) >= 11 is 0. The molecule has 0 unspecified atom stereocenters. The second-order valence-electron chi connectivity index (χ2n) is 5.43. The Bertz CT molecular complexity index is 749. The van der Waals surface area contributed by atoms with E-state index in [0.717, 1.165) is 23.6 Å². The van der Waals surface area contributed by atoms with Crippen LogP contribution in [-0.4, -0.2) is 14.0 Å². The van der Waals surface area contributed by atoms with Gasteiger partial charge in [0.25, 0.3) is 0 Å². The van der Waals surface area contributed by atoms with Crippen molar-refractivity contribution in [1.29, 1.82) is 0 Å². The van der Waals surface area contributed by atoms with E-state index in [9.17, 15) is 8.42 Å². The fourth-order valence-corrected chi connectivity index (χ4v) is 3.58. The molecule has 1 saturated carbocycles. The summed E-state index contributed by atoms with van der Waals surface area (Å²) in [5, 5.41) is 1.81. The summed E-state index contributed by atoms with van der Waals surface area (Å²) in [5.41, 5.74) is 6.10. The van der Waals surface area contributed by atoms with Crippen LogP contribution >= 0.6 is 0 Å². The van der Waals surface area contributed by atoms with E-state index in [2.05, 4.69) is 4.72 Å². The molecule has 0 aromatic heterocycles. The Hall–Kier alpha value is -1.59. The van der Waals surface area contributed by atoms with Crippen molar-refractivity contribution in [1.82, 2.24) is 4.72 Å². The molecule has 2 aromatic rings. The van der Waals surface area contributed by atoms with Crippen molar-refractivity contribution < 1.29 is 8.42 Å². The Kier molecular flexibility index (Phi) is 2.59. The lowest BCUT2D eigenvalue weighted by Gasteiger charge is -2.12. The zero-order valence-corrected chi connectivity index (χ0v) is 11.5. The van der Waals surface area contributed by atoms with E-state index >= 15 is 0 Å². The molecule has 0 bridgehead atoms. The number of nitrogen functional groups attached to an aromatic ring is 1. The van der Waals surface area contributed by atoms with Crippen molar-refractivity contribution in [3.63, 3.8) is 0 Å². The summed E-state index contributed by atoms with van der Waals surface area (Å²) in [6.45, 7) is 1.92. The molecule has 0 atom stereocenters. The van der Waals surface area contributed by atoms with Crippen molar-refractivity contribution in [3.05, 3.63) is 36.4 Å². The van der Waals surface area contributed by atoms with E-state index in [0.29, 0.717) is 10.6 Å². The normalized spacial score (nSPS) is 17.5. The standard InChI is InChI=1S/C14H16N2O2S/c1-14(6-7-14)16-19(17,18)13-5-3-10-2-4-12(15)8-11(10)9-13/h2-5,8-9,16H,6-7,15H2,1H3. The molecule has 100 valence electrons. The highest BCUT2D eigenvalue weighted by Crippen LogP contribution is 2.36. The number of nitrogens with two attached hydrogens (primary N) is 1. The van der Waals surface area contributed by atoms with Crippen molar-refractivity contribution in [2.24, 2.45) is 0 Å². The predicted molar refractivity (Wildman–Crippen MR) is 76.3 cm³/mol. The van der Waals surface area contributed by atoms with Gasteiger partial charge in [0, 0.05) is 11.2 Å². The molecule has 0 amide bonds. The summed E-state index contributed by atoms with van der Waals surface area (Å²) in [6, 6.07) is 10.6. The molecule has 0 aliphatic heterocycles. The SMILES string of the molecule is CC1(NS(=O)(=O)c2ccc3ccc(N)cc3c2)CC1. The zero-order chi connectivity index (χ0) is 13.7. The zero-order valence-electron chi connectivity index (χ0n) is 10.7. The second-order valence-corrected chi connectivity index (χ2v) is 7.12. The number of sulfonamides is 1. The van der Waals surface area contributed by atoms with Crippen LogP contribution in [0.1, 0.15) is 19.8 Å². The Labute approximate surface area is 112 Å². The molecular formula is C14H16N2O2S. The number of benzene rings is 2. The maximum Gasteiger partial charge on any atom is 0.241 e. The fraction of sp³-hybridized carbons (Fsp3) is 0.286. The van der Waals surface area contributed by atoms with Crippen LogP contribution in [0.5, 0.6) is 0 Å². The van der Waals surface area contributed by atoms with Crippen molar-refractivity contribution in [2.75, 3.05) is 5.73 Å². The van der Waals surface area contributed by atoms with E-state index in [1.54, 1.807) is 30.3 Å². The lowest BCUT2D eigenvalue weighted by Crippen LogP contribution is -2.34. The minimum absolute atomic E-state index is 0.260. The third-order valence-corrected chi connectivity index (χ3v) is 5.16. The van der Waals surface area contributed by atoms with Gasteiger partial charge in [-0.05, 0) is 54.8 Å². The van der Waals surface area contributed by atoms with Crippen molar-refractivity contribution >= 4 is 26.5 Å². The van der Waals surface area contributed by atoms with Crippen LogP contribution in [0.3, 0.4) is 0 Å². The van der Waals surface area contributed by atoms with E-state index < -0.39 is 10.0 Å². The Morgan fingerprint density at radius 1 is 1.11 bits per heavy atom. The molecule has 0 radical (unpaired) electrons. The van der Waals surface area contributed by atoms with Crippen LogP contribution in [0.2, 0.25) is 0 Å². The van der Waals surface area contributed by atoms with Crippen LogP contribution in [0.4, 0.5) is 5.69 Å². The highest BCUT2D eigenvalue weighted by atomic mass is 32.2. The minimum atomic E-state index is -3.45. The molecule has 5 heteroatoms. The maximum absolute atomic E-state index is 12.3. The summed E-state index contributed by atoms with van der Waals surface area (Å²) in [7, 11) is -3.45. The van der Waals surface area contributed by atoms with Gasteiger partial charge in [0.1, 0.15) is 0 Å². The van der Waals surface area contributed by atoms with E-state index in [1.165, 1.54) is 0 Å². The molecule has 1 aliphatic rings. The molecule has 3 rings (SSSR count). The second kappa shape index (κ2) is 3.95. The highest BCUT2D eigenvalue weighted by molar-refractivity contribution is 7.89. The summed E-state index contributed by atoms with van der Waals surface area (Å²) in [4.78, 5) is 0.290. The number of hydrogen-bond acceptors (Lipinski definition) is 3. The van der Waals surface area contributed by atoms with Gasteiger partial charge in [0.2, 0.25) is 10.0 Å². The fourth-order valence-electron chi connectivity index (χ4n) is 2.08. The smallest absolute Gasteiger partial charge is 0.241 e. The summed E-state index contributed by atoms with van der Waals surface area (Å²) < 4.78 is 27.3. The van der Waals surface area contributed by atoms with E-state index in [-0.39, 0.29) is 5.54 Å². The van der Waals surface area contributed by atoms with Crippen molar-refractivity contribution in [2.45, 2.75) is 30.2 Å². The third-order valence-electron chi connectivity index (χ3n) is 3.53. The van der Waals surface area contributed by atoms with Gasteiger partial charge in [-0.2, -0.15) is 0 Å². The van der Waals surface area contributed by atoms with Gasteiger partial charge in [0.15, 0.2) is 0 Å². The number of hydrogen-bond donors (Lipinski definition) is 2. The minimum Gasteiger partial charge on any atom is -0.399 e. The van der Waals surface area contributed by atoms with Gasteiger partial charge in [0.05, 0.1) is 4.90 Å². The molecule has 1 fully saturated rings. The lowest BCUT2D eigenvalue weighted by molar-refractivity contribution is 0.558. The van der Waals surface area contributed by atoms with Gasteiger partial charge in [-0.1, -0.05) is 12.1 Å². The largest absolute Gasteiger partial charge is 0.399 e. The van der Waals surface area contributed by atoms with E-state index in [4.69, 9.17) is 5.73 Å². The first-order valence-electron chi connectivity index (χ1n) is 6.21. The first-order valence-corrected chi connectivity index (χ1v) is 7.70. The Balaban J connectivity index is 2.05. The lowest BCUT2D eigenvalue weighted by atomic mass is 10.1. The quantitative estimate of drug-likeness (QED) is 0.845. The van der Waals surface area contributed by atoms with Gasteiger partial charge in [-0.15, -0.1) is 0 Å². The maximum atomic E-state index is 12.3. The van der Waals surface area contributed by atoms with Crippen LogP contribution < -0.4 is 10.5 Å². The molecule has 0 saturated heterocycles. The van der Waals surface area contributed by atoms with E-state index in [1.807, 2.05) is 13.0 Å². The highest BCUT2D eigenvalue weighted by Gasteiger charge is 2.41. The van der Waals surface area contributed by atoms with Gasteiger partial charge < -0.3 is 5.73 Å². The predicted octanol–water partition coefficient (Wildman–Crippen LogP) is 2.25. The first-order chi connectivity index (χ1) is 8.88. The van der Waals surface area contributed by atoms with Crippen LogP contribution in [0, 0.1) is 0 Å². The molecule has 0 heterocycles. The van der Waals surface area contributed by atoms with Gasteiger partial charge in [-0.3, -0.25) is 0 Å². The molecule has 1 aliphatic carbocycles. The molecule has 3 N–H and O–H groups in total. The topological polar surface area (TPSA) is 72.2 Å². The van der Waals surface area contributed by atoms with Crippen LogP contribution in [-0.2, 0) is 10.0 Å². The van der Waals surface area contributed by atoms with Crippen LogP contribution in [0.15, 0.2) is 41.3 Å². The number of rotatable bonds is 3. The van der Waals surface area contributed by atoms with Crippen LogP contribution in [0.25, 0.3) is 10.8 Å². The van der Waals surface area contributed by atoms with Crippen molar-refractivity contribution in [3.8, 4) is 0 Å². The summed E-state index contributed by atoms with van der Waals surface area (Å²) in [6.07, 6.45) is 1.79. The molecule has 0 spiro atoms. The summed E-state index contributed by atoms with van der Waals surface area (Å²) in [5.74, 6) is 0. The monoisotopic (exact) mass is 276 g/mol. The number of anilines is 1. The Morgan fingerprint density at radius 2 is 1.79 bits per heavy atom. The number of nitrogens with one attached hydrogen (secondary N) is 1. The number of fused-ring (bicyclic) bond motifs is 1. The average molecular weight is 276 g/mol. The molecule has 2 aromatic carbocycles.